The van der Waals surface area contributed by atoms with E-state index in [4.69, 9.17) is 25.8 Å². The summed E-state index contributed by atoms with van der Waals surface area (Å²) in [4.78, 5) is 38.8. The van der Waals surface area contributed by atoms with Crippen molar-refractivity contribution in [2.45, 2.75) is 18.9 Å². The molecular weight excluding hydrogens is 455 g/mol. The normalized spacial score (nSPS) is 17.3. The number of rotatable bonds is 8. The third-order valence-electron chi connectivity index (χ3n) is 5.33. The molecule has 2 heterocycles. The van der Waals surface area contributed by atoms with Gasteiger partial charge in [-0.1, -0.05) is 11.6 Å². The Morgan fingerprint density at radius 1 is 1.24 bits per heavy atom. The molecule has 33 heavy (non-hydrogen) atoms. The molecular formula is C23H22ClFN2O6. The lowest BCUT2D eigenvalue weighted by Gasteiger charge is -2.29. The topological polar surface area (TPSA) is 94.2 Å². The molecule has 2 aliphatic heterocycles. The molecule has 0 radical (unpaired) electrons. The molecule has 1 fully saturated rings. The first-order chi connectivity index (χ1) is 15.9. The number of hydrogen-bond donors (Lipinski definition) is 1. The maximum absolute atomic E-state index is 13.2. The zero-order chi connectivity index (χ0) is 23.4. The quantitative estimate of drug-likeness (QED) is 0.589. The van der Waals surface area contributed by atoms with E-state index in [1.54, 1.807) is 12.1 Å². The molecule has 2 aromatic carbocycles. The lowest BCUT2D eigenvalue weighted by atomic mass is 10.1. The Hall–Kier alpha value is -3.17. The number of carbonyl (C=O) groups excluding carboxylic acids is 3. The van der Waals surface area contributed by atoms with Gasteiger partial charge in [0, 0.05) is 18.7 Å². The Morgan fingerprint density at radius 2 is 2.09 bits per heavy atom. The van der Waals surface area contributed by atoms with Crippen molar-refractivity contribution in [1.29, 1.82) is 0 Å². The van der Waals surface area contributed by atoms with E-state index in [9.17, 15) is 18.8 Å². The molecule has 2 aromatic rings. The number of halogens is 2. The number of fused-ring (bicyclic) bond motifs is 1. The Bertz CT molecular complexity index is 1070. The first-order valence-corrected chi connectivity index (χ1v) is 10.8. The number of hydrogen-bond acceptors (Lipinski definition) is 6. The summed E-state index contributed by atoms with van der Waals surface area (Å²) in [6.45, 7) is 0.309. The van der Waals surface area contributed by atoms with Crippen LogP contribution in [0.15, 0.2) is 36.4 Å². The molecule has 0 saturated carbocycles. The van der Waals surface area contributed by atoms with Gasteiger partial charge in [-0.05, 0) is 49.2 Å². The summed E-state index contributed by atoms with van der Waals surface area (Å²) in [6.07, 6.45) is 1.83. The van der Waals surface area contributed by atoms with Crippen LogP contribution in [0.5, 0.6) is 11.5 Å². The summed E-state index contributed by atoms with van der Waals surface area (Å²) < 4.78 is 29.5. The molecule has 1 saturated heterocycles. The van der Waals surface area contributed by atoms with Crippen molar-refractivity contribution >= 4 is 34.9 Å². The van der Waals surface area contributed by atoms with Gasteiger partial charge in [-0.25, -0.2) is 4.39 Å². The maximum atomic E-state index is 13.2. The summed E-state index contributed by atoms with van der Waals surface area (Å²) >= 11 is 5.92. The average molecular weight is 477 g/mol. The maximum Gasteiger partial charge on any atom is 0.265 e. The molecule has 1 N–H and O–H groups in total. The highest BCUT2D eigenvalue weighted by Crippen LogP contribution is 2.33. The van der Waals surface area contributed by atoms with E-state index in [1.807, 2.05) is 0 Å². The highest BCUT2D eigenvalue weighted by atomic mass is 35.5. The second-order valence-corrected chi connectivity index (χ2v) is 8.08. The second kappa shape index (κ2) is 10.2. The summed E-state index contributed by atoms with van der Waals surface area (Å²) in [5, 5.41) is 2.83. The Balaban J connectivity index is 1.43. The molecule has 2 amide bonds. The van der Waals surface area contributed by atoms with Crippen molar-refractivity contribution < 1.29 is 33.0 Å². The van der Waals surface area contributed by atoms with Gasteiger partial charge in [-0.2, -0.15) is 0 Å². The highest BCUT2D eigenvalue weighted by molar-refractivity contribution is 6.32. The summed E-state index contributed by atoms with van der Waals surface area (Å²) in [5.41, 5.74) is 0.583. The minimum Gasteiger partial charge on any atom is -0.484 e. The Morgan fingerprint density at radius 3 is 2.85 bits per heavy atom. The van der Waals surface area contributed by atoms with Crippen LogP contribution in [0, 0.1) is 5.82 Å². The summed E-state index contributed by atoms with van der Waals surface area (Å²) in [5.74, 6) is -1.07. The predicted octanol–water partition coefficient (Wildman–Crippen LogP) is 2.76. The van der Waals surface area contributed by atoms with E-state index in [0.29, 0.717) is 24.6 Å². The van der Waals surface area contributed by atoms with E-state index in [2.05, 4.69) is 5.32 Å². The number of ketones is 1. The van der Waals surface area contributed by atoms with Crippen molar-refractivity contribution in [1.82, 2.24) is 5.32 Å². The van der Waals surface area contributed by atoms with Crippen LogP contribution in [0.3, 0.4) is 0 Å². The zero-order valence-electron chi connectivity index (χ0n) is 17.6. The molecule has 0 aromatic heterocycles. The van der Waals surface area contributed by atoms with Gasteiger partial charge in [-0.3, -0.25) is 19.3 Å². The Kier molecular flexibility index (Phi) is 7.10. The number of Topliss-reactive ketones (excluding diaryl/α,β-unsaturated/α-hetero) is 1. The number of benzene rings is 2. The number of ether oxygens (including phenoxy) is 3. The molecule has 10 heteroatoms. The van der Waals surface area contributed by atoms with Crippen molar-refractivity contribution in [2.75, 3.05) is 37.8 Å². The smallest absolute Gasteiger partial charge is 0.265 e. The van der Waals surface area contributed by atoms with E-state index < -0.39 is 11.7 Å². The van der Waals surface area contributed by atoms with Gasteiger partial charge < -0.3 is 19.5 Å². The van der Waals surface area contributed by atoms with E-state index in [1.165, 1.54) is 23.1 Å². The number of carbonyl (C=O) groups is 3. The van der Waals surface area contributed by atoms with Crippen molar-refractivity contribution in [3.63, 3.8) is 0 Å². The van der Waals surface area contributed by atoms with Crippen LogP contribution in [0.1, 0.15) is 23.2 Å². The minimum atomic E-state index is -0.516. The summed E-state index contributed by atoms with van der Waals surface area (Å²) in [7, 11) is 0. The van der Waals surface area contributed by atoms with Gasteiger partial charge in [0.2, 0.25) is 5.91 Å². The lowest BCUT2D eigenvalue weighted by Crippen LogP contribution is -2.46. The van der Waals surface area contributed by atoms with E-state index in [-0.39, 0.29) is 53.9 Å². The van der Waals surface area contributed by atoms with Crippen LogP contribution in [-0.4, -0.2) is 56.6 Å². The number of amides is 2. The number of nitrogens with one attached hydrogen (secondary N) is 1. The molecule has 0 spiro atoms. The van der Waals surface area contributed by atoms with Gasteiger partial charge in [-0.15, -0.1) is 0 Å². The minimum absolute atomic E-state index is 0.0135. The molecule has 0 bridgehead atoms. The van der Waals surface area contributed by atoms with Gasteiger partial charge in [0.05, 0.1) is 16.8 Å². The number of anilines is 1. The predicted molar refractivity (Wildman–Crippen MR) is 118 cm³/mol. The SMILES string of the molecule is O=C(CN1C(=O)COc2ccc(C(=O)COc3ccc(F)cc3Cl)cc21)NCC1CCCO1. The lowest BCUT2D eigenvalue weighted by molar-refractivity contribution is -0.125. The van der Waals surface area contributed by atoms with Crippen LogP contribution in [0.2, 0.25) is 5.02 Å². The molecule has 0 aliphatic carbocycles. The van der Waals surface area contributed by atoms with Crippen LogP contribution >= 0.6 is 11.6 Å². The molecule has 1 atom stereocenters. The third-order valence-corrected chi connectivity index (χ3v) is 5.62. The Labute approximate surface area is 194 Å². The van der Waals surface area contributed by atoms with Crippen molar-refractivity contribution in [3.05, 3.63) is 52.8 Å². The standard InChI is InChI=1S/C23H22ClFN2O6/c24-17-9-15(25)4-6-20(17)32-12-19(28)14-3-5-21-18(8-14)27(23(30)13-33-21)11-22(29)26-10-16-2-1-7-31-16/h3-6,8-9,16H,1-2,7,10-13H2,(H,26,29). The van der Waals surface area contributed by atoms with Gasteiger partial charge in [0.15, 0.2) is 19.0 Å². The molecule has 2 aliphatic rings. The van der Waals surface area contributed by atoms with Gasteiger partial charge in [0.25, 0.3) is 5.91 Å². The molecule has 174 valence electrons. The second-order valence-electron chi connectivity index (χ2n) is 7.68. The first-order valence-electron chi connectivity index (χ1n) is 10.5. The van der Waals surface area contributed by atoms with Crippen molar-refractivity contribution in [2.24, 2.45) is 0 Å². The van der Waals surface area contributed by atoms with Crippen LogP contribution in [-0.2, 0) is 14.3 Å². The molecule has 8 nitrogen and oxygen atoms in total. The summed E-state index contributed by atoms with van der Waals surface area (Å²) in [6, 6.07) is 8.19. The fourth-order valence-corrected chi connectivity index (χ4v) is 3.82. The van der Waals surface area contributed by atoms with E-state index in [0.717, 1.165) is 18.9 Å². The fourth-order valence-electron chi connectivity index (χ4n) is 3.60. The average Bonchev–Trinajstić information content (AvgIpc) is 3.32. The van der Waals surface area contributed by atoms with Gasteiger partial charge in [0.1, 0.15) is 23.9 Å². The van der Waals surface area contributed by atoms with E-state index >= 15 is 0 Å². The van der Waals surface area contributed by atoms with Crippen molar-refractivity contribution in [3.8, 4) is 11.5 Å². The van der Waals surface area contributed by atoms with Gasteiger partial charge >= 0.3 is 0 Å². The molecule has 1 unspecified atom stereocenters. The first kappa shape index (κ1) is 23.0. The largest absolute Gasteiger partial charge is 0.484 e. The monoisotopic (exact) mass is 476 g/mol. The number of nitrogens with zero attached hydrogens (tertiary/aromatic N) is 1. The van der Waals surface area contributed by atoms with Crippen LogP contribution in [0.25, 0.3) is 0 Å². The highest BCUT2D eigenvalue weighted by Gasteiger charge is 2.29. The zero-order valence-corrected chi connectivity index (χ0v) is 18.4. The third kappa shape index (κ3) is 5.61. The van der Waals surface area contributed by atoms with Crippen LogP contribution < -0.4 is 19.7 Å². The fraction of sp³-hybridized carbons (Fsp3) is 0.348. The molecule has 4 rings (SSSR count). The van der Waals surface area contributed by atoms with Crippen LogP contribution in [0.4, 0.5) is 10.1 Å².